The maximum atomic E-state index is 12.8. The van der Waals surface area contributed by atoms with Crippen LogP contribution in [-0.4, -0.2) is 79.0 Å². The minimum atomic E-state index is -0.549. The van der Waals surface area contributed by atoms with E-state index in [1.165, 1.54) is 0 Å². The first-order valence-electron chi connectivity index (χ1n) is 11.5. The summed E-state index contributed by atoms with van der Waals surface area (Å²) in [7, 11) is 0. The average molecular weight is 526 g/mol. The molecule has 5 rings (SSSR count). The van der Waals surface area contributed by atoms with Crippen LogP contribution in [0.3, 0.4) is 0 Å². The lowest BCUT2D eigenvalue weighted by atomic mass is 10.2. The molecule has 0 aromatic heterocycles. The number of rotatable bonds is 7. The van der Waals surface area contributed by atoms with E-state index in [-0.39, 0.29) is 24.2 Å². The molecule has 0 radical (unpaired) electrons. The van der Waals surface area contributed by atoms with Gasteiger partial charge < -0.3 is 29.2 Å². The summed E-state index contributed by atoms with van der Waals surface area (Å²) in [4.78, 5) is 52.7. The minimum absolute atomic E-state index is 0.0768. The molecule has 2 aromatic rings. The Hall–Kier alpha value is -4.03. The second-order valence-electron chi connectivity index (χ2n) is 8.23. The van der Waals surface area contributed by atoms with Gasteiger partial charge in [0.2, 0.25) is 12.7 Å². The van der Waals surface area contributed by atoms with Gasteiger partial charge in [0.05, 0.1) is 18.1 Å². The van der Waals surface area contributed by atoms with Gasteiger partial charge in [-0.3, -0.25) is 24.1 Å². The number of carbonyl (C=O) groups excluding carboxylic acids is 4. The molecule has 0 saturated carbocycles. The standard InChI is InChI=1S/C25H23N3O8S/c29-22(26-17-3-6-19-20(12-17)36-15-35-19)13-28-24(31)21(37-25(28)32)11-16-1-4-18(5-2-16)34-14-23(30)27-7-9-33-10-8-27/h1-6,11-12H,7-10,13-15H2,(H,26,29)/b21-11+. The molecule has 1 N–H and O–H groups in total. The fourth-order valence-electron chi connectivity index (χ4n) is 3.82. The molecular formula is C25H23N3O8S. The number of nitrogens with one attached hydrogen (secondary N) is 1. The van der Waals surface area contributed by atoms with E-state index in [9.17, 15) is 19.2 Å². The molecule has 0 atom stereocenters. The Morgan fingerprint density at radius 3 is 2.57 bits per heavy atom. The van der Waals surface area contributed by atoms with Crippen molar-refractivity contribution < 1.29 is 38.1 Å². The highest BCUT2D eigenvalue weighted by atomic mass is 32.2. The zero-order chi connectivity index (χ0) is 25.8. The third kappa shape index (κ3) is 5.87. The van der Waals surface area contributed by atoms with Crippen molar-refractivity contribution in [1.82, 2.24) is 9.80 Å². The molecular weight excluding hydrogens is 502 g/mol. The molecule has 4 amide bonds. The van der Waals surface area contributed by atoms with E-state index in [1.807, 2.05) is 0 Å². The van der Waals surface area contributed by atoms with Crippen LogP contribution in [0.15, 0.2) is 47.4 Å². The smallest absolute Gasteiger partial charge is 0.294 e. The number of benzene rings is 2. The van der Waals surface area contributed by atoms with Gasteiger partial charge in [-0.05, 0) is 47.7 Å². The van der Waals surface area contributed by atoms with E-state index in [1.54, 1.807) is 53.4 Å². The molecule has 11 nitrogen and oxygen atoms in total. The summed E-state index contributed by atoms with van der Waals surface area (Å²) >= 11 is 0.766. The second-order valence-corrected chi connectivity index (χ2v) is 9.23. The van der Waals surface area contributed by atoms with Crippen molar-refractivity contribution >= 4 is 46.5 Å². The minimum Gasteiger partial charge on any atom is -0.484 e. The van der Waals surface area contributed by atoms with Gasteiger partial charge in [0.25, 0.3) is 17.1 Å². The van der Waals surface area contributed by atoms with Crippen molar-refractivity contribution in [2.75, 3.05) is 51.6 Å². The monoisotopic (exact) mass is 525 g/mol. The van der Waals surface area contributed by atoms with Crippen LogP contribution in [0.2, 0.25) is 0 Å². The molecule has 2 saturated heterocycles. The first-order valence-corrected chi connectivity index (χ1v) is 12.3. The number of hydrogen-bond donors (Lipinski definition) is 1. The Bertz CT molecular complexity index is 1260. The maximum absolute atomic E-state index is 12.8. The zero-order valence-corrected chi connectivity index (χ0v) is 20.5. The summed E-state index contributed by atoms with van der Waals surface area (Å²) in [5, 5.41) is 2.13. The Labute approximate surface area is 216 Å². The van der Waals surface area contributed by atoms with Gasteiger partial charge in [-0.1, -0.05) is 12.1 Å². The molecule has 192 valence electrons. The van der Waals surface area contributed by atoms with Crippen LogP contribution in [0.1, 0.15) is 5.56 Å². The van der Waals surface area contributed by atoms with E-state index in [4.69, 9.17) is 18.9 Å². The van der Waals surface area contributed by atoms with Crippen LogP contribution in [0.5, 0.6) is 17.2 Å². The van der Waals surface area contributed by atoms with Gasteiger partial charge in [-0.15, -0.1) is 0 Å². The number of anilines is 1. The number of thioether (sulfide) groups is 1. The topological polar surface area (TPSA) is 124 Å². The SMILES string of the molecule is O=C(CN1C(=O)S/C(=C/c2ccc(OCC(=O)N3CCOCC3)cc2)C1=O)Nc1ccc2c(c1)OCO2. The van der Waals surface area contributed by atoms with Crippen LogP contribution in [-0.2, 0) is 19.1 Å². The summed E-state index contributed by atoms with van der Waals surface area (Å²) in [6, 6.07) is 11.7. The lowest BCUT2D eigenvalue weighted by molar-refractivity contribution is -0.137. The van der Waals surface area contributed by atoms with Gasteiger partial charge in [0.1, 0.15) is 12.3 Å². The number of nitrogens with zero attached hydrogens (tertiary/aromatic N) is 2. The number of amides is 4. The molecule has 3 aliphatic heterocycles. The number of imide groups is 1. The number of carbonyl (C=O) groups is 4. The lowest BCUT2D eigenvalue weighted by Gasteiger charge is -2.26. The van der Waals surface area contributed by atoms with Gasteiger partial charge in [0, 0.05) is 24.8 Å². The third-order valence-corrected chi connectivity index (χ3v) is 6.64. The quantitative estimate of drug-likeness (QED) is 0.543. The van der Waals surface area contributed by atoms with Crippen molar-refractivity contribution in [3.63, 3.8) is 0 Å². The van der Waals surface area contributed by atoms with E-state index >= 15 is 0 Å². The normalized spacial score (nSPS) is 17.9. The number of morpholine rings is 1. The van der Waals surface area contributed by atoms with Crippen molar-refractivity contribution in [2.45, 2.75) is 0 Å². The Kier molecular flexibility index (Phi) is 7.28. The Morgan fingerprint density at radius 2 is 1.78 bits per heavy atom. The van der Waals surface area contributed by atoms with Crippen LogP contribution < -0.4 is 19.5 Å². The lowest BCUT2D eigenvalue weighted by Crippen LogP contribution is -2.42. The molecule has 37 heavy (non-hydrogen) atoms. The summed E-state index contributed by atoms with van der Waals surface area (Å²) < 4.78 is 21.3. The Morgan fingerprint density at radius 1 is 1.03 bits per heavy atom. The maximum Gasteiger partial charge on any atom is 0.294 e. The van der Waals surface area contributed by atoms with Gasteiger partial charge >= 0.3 is 0 Å². The summed E-state index contributed by atoms with van der Waals surface area (Å²) in [6.07, 6.45) is 1.57. The van der Waals surface area contributed by atoms with E-state index < -0.39 is 23.6 Å². The van der Waals surface area contributed by atoms with E-state index in [0.717, 1.165) is 16.7 Å². The Balaban J connectivity index is 1.15. The fraction of sp³-hybridized carbons (Fsp3) is 0.280. The van der Waals surface area contributed by atoms with Gasteiger partial charge in [0.15, 0.2) is 18.1 Å². The van der Waals surface area contributed by atoms with Crippen molar-refractivity contribution in [2.24, 2.45) is 0 Å². The molecule has 0 aliphatic carbocycles. The number of hydrogen-bond acceptors (Lipinski definition) is 9. The highest BCUT2D eigenvalue weighted by Crippen LogP contribution is 2.35. The third-order valence-electron chi connectivity index (χ3n) is 5.74. The second kappa shape index (κ2) is 10.9. The van der Waals surface area contributed by atoms with Crippen molar-refractivity contribution in [3.05, 3.63) is 52.9 Å². The highest BCUT2D eigenvalue weighted by Gasteiger charge is 2.36. The summed E-state index contributed by atoms with van der Waals surface area (Å²) in [5.74, 6) is 0.417. The number of fused-ring (bicyclic) bond motifs is 1. The fourth-order valence-corrected chi connectivity index (χ4v) is 4.65. The summed E-state index contributed by atoms with van der Waals surface area (Å²) in [6.45, 7) is 1.77. The molecule has 2 fully saturated rings. The first-order chi connectivity index (χ1) is 18.0. The van der Waals surface area contributed by atoms with E-state index in [0.29, 0.717) is 54.8 Å². The van der Waals surface area contributed by atoms with Crippen LogP contribution >= 0.6 is 11.8 Å². The molecule has 0 bridgehead atoms. The van der Waals surface area contributed by atoms with Gasteiger partial charge in [-0.25, -0.2) is 0 Å². The molecule has 0 spiro atoms. The van der Waals surface area contributed by atoms with Crippen molar-refractivity contribution in [3.8, 4) is 17.2 Å². The first kappa shape index (κ1) is 24.7. The molecule has 2 aromatic carbocycles. The predicted octanol–water partition coefficient (Wildman–Crippen LogP) is 2.33. The van der Waals surface area contributed by atoms with Crippen molar-refractivity contribution in [1.29, 1.82) is 0 Å². The van der Waals surface area contributed by atoms with Gasteiger partial charge in [-0.2, -0.15) is 0 Å². The molecule has 0 unspecified atom stereocenters. The van der Waals surface area contributed by atoms with Crippen LogP contribution in [0, 0.1) is 0 Å². The predicted molar refractivity (Wildman–Crippen MR) is 133 cm³/mol. The molecule has 12 heteroatoms. The van der Waals surface area contributed by atoms with E-state index in [2.05, 4.69) is 5.32 Å². The zero-order valence-electron chi connectivity index (χ0n) is 19.6. The largest absolute Gasteiger partial charge is 0.484 e. The molecule has 3 heterocycles. The number of ether oxygens (including phenoxy) is 4. The van der Waals surface area contributed by atoms with Crippen LogP contribution in [0.25, 0.3) is 6.08 Å². The highest BCUT2D eigenvalue weighted by molar-refractivity contribution is 8.18. The summed E-state index contributed by atoms with van der Waals surface area (Å²) in [5.41, 5.74) is 1.13. The van der Waals surface area contributed by atoms with Crippen LogP contribution in [0.4, 0.5) is 10.5 Å². The average Bonchev–Trinajstić information content (AvgIpc) is 3.48. The molecule has 3 aliphatic rings.